The molecule has 1 aromatic carbocycles. The summed E-state index contributed by atoms with van der Waals surface area (Å²) < 4.78 is 5.63. The maximum atomic E-state index is 12.9. The minimum atomic E-state index is 0.0660. The number of para-hydroxylation sites is 1. The SMILES string of the molecule is CC(C)CN1CCN(C(=O)C2CCN(C(=O)CCOc3ccccc3)CC2)CC1. The third-order valence-electron chi connectivity index (χ3n) is 5.83. The second kappa shape index (κ2) is 10.6. The number of piperazine rings is 1. The average Bonchev–Trinajstić information content (AvgIpc) is 2.74. The molecule has 1 aromatic rings. The number of carbonyl (C=O) groups excluding carboxylic acids is 2. The van der Waals surface area contributed by atoms with Gasteiger partial charge >= 0.3 is 0 Å². The Labute approximate surface area is 174 Å². The Kier molecular flexibility index (Phi) is 7.92. The standard InChI is InChI=1S/C23H35N3O3/c1-19(2)18-24-13-15-26(16-14-24)23(28)20-8-11-25(12-9-20)22(27)10-17-29-21-6-4-3-5-7-21/h3-7,19-20H,8-18H2,1-2H3. The van der Waals surface area contributed by atoms with Crippen LogP contribution in [0, 0.1) is 11.8 Å². The summed E-state index contributed by atoms with van der Waals surface area (Å²) in [5.41, 5.74) is 0. The lowest BCUT2D eigenvalue weighted by Gasteiger charge is -2.39. The fourth-order valence-electron chi connectivity index (χ4n) is 4.23. The number of piperidine rings is 1. The molecule has 0 unspecified atom stereocenters. The Balaban J connectivity index is 1.35. The van der Waals surface area contributed by atoms with Gasteiger partial charge in [0, 0.05) is 51.7 Å². The summed E-state index contributed by atoms with van der Waals surface area (Å²) in [6.07, 6.45) is 1.93. The summed E-state index contributed by atoms with van der Waals surface area (Å²) in [6, 6.07) is 9.57. The van der Waals surface area contributed by atoms with Gasteiger partial charge in [0.25, 0.3) is 0 Å². The van der Waals surface area contributed by atoms with Crippen LogP contribution in [0.2, 0.25) is 0 Å². The normalized spacial score (nSPS) is 18.9. The molecule has 0 saturated carbocycles. The van der Waals surface area contributed by atoms with E-state index in [1.165, 1.54) is 0 Å². The molecule has 2 fully saturated rings. The first kappa shape index (κ1) is 21.6. The predicted octanol–water partition coefficient (Wildman–Crippen LogP) is 2.49. The molecule has 160 valence electrons. The summed E-state index contributed by atoms with van der Waals surface area (Å²) >= 11 is 0. The monoisotopic (exact) mass is 401 g/mol. The van der Waals surface area contributed by atoms with Crippen molar-refractivity contribution in [1.29, 1.82) is 0 Å². The van der Waals surface area contributed by atoms with Gasteiger partial charge in [-0.3, -0.25) is 14.5 Å². The van der Waals surface area contributed by atoms with Crippen molar-refractivity contribution in [2.45, 2.75) is 33.1 Å². The summed E-state index contributed by atoms with van der Waals surface area (Å²) in [6.45, 7) is 10.9. The van der Waals surface area contributed by atoms with Crippen LogP contribution in [0.25, 0.3) is 0 Å². The first-order valence-electron chi connectivity index (χ1n) is 11.0. The average molecular weight is 402 g/mol. The van der Waals surface area contributed by atoms with Crippen LogP contribution in [-0.4, -0.2) is 78.9 Å². The van der Waals surface area contributed by atoms with E-state index in [2.05, 4.69) is 18.7 Å². The summed E-state index contributed by atoms with van der Waals surface area (Å²) in [5, 5.41) is 0. The summed E-state index contributed by atoms with van der Waals surface area (Å²) in [7, 11) is 0. The molecular formula is C23H35N3O3. The van der Waals surface area contributed by atoms with Gasteiger partial charge in [0.15, 0.2) is 0 Å². The van der Waals surface area contributed by atoms with Crippen LogP contribution in [0.3, 0.4) is 0 Å². The van der Waals surface area contributed by atoms with Gasteiger partial charge in [-0.15, -0.1) is 0 Å². The minimum absolute atomic E-state index is 0.0660. The van der Waals surface area contributed by atoms with Crippen LogP contribution in [0.1, 0.15) is 33.1 Å². The van der Waals surface area contributed by atoms with Crippen LogP contribution in [0.15, 0.2) is 30.3 Å². The highest BCUT2D eigenvalue weighted by Crippen LogP contribution is 2.21. The number of ether oxygens (including phenoxy) is 1. The fraction of sp³-hybridized carbons (Fsp3) is 0.652. The molecule has 0 bridgehead atoms. The number of carbonyl (C=O) groups is 2. The third kappa shape index (κ3) is 6.46. The number of hydrogen-bond donors (Lipinski definition) is 0. The summed E-state index contributed by atoms with van der Waals surface area (Å²) in [5.74, 6) is 1.93. The van der Waals surface area contributed by atoms with E-state index in [1.807, 2.05) is 40.1 Å². The predicted molar refractivity (Wildman–Crippen MR) is 114 cm³/mol. The number of amides is 2. The van der Waals surface area contributed by atoms with Gasteiger partial charge in [-0.05, 0) is 30.9 Å². The van der Waals surface area contributed by atoms with Crippen LogP contribution in [-0.2, 0) is 9.59 Å². The number of benzene rings is 1. The second-order valence-electron chi connectivity index (χ2n) is 8.59. The van der Waals surface area contributed by atoms with Crippen molar-refractivity contribution in [3.63, 3.8) is 0 Å². The van der Waals surface area contributed by atoms with Crippen molar-refractivity contribution in [1.82, 2.24) is 14.7 Å². The van der Waals surface area contributed by atoms with Crippen molar-refractivity contribution in [3.8, 4) is 5.75 Å². The molecule has 6 nitrogen and oxygen atoms in total. The third-order valence-corrected chi connectivity index (χ3v) is 5.83. The maximum absolute atomic E-state index is 12.9. The smallest absolute Gasteiger partial charge is 0.225 e. The molecule has 0 aliphatic carbocycles. The lowest BCUT2D eigenvalue weighted by molar-refractivity contribution is -0.142. The second-order valence-corrected chi connectivity index (χ2v) is 8.59. The van der Waals surface area contributed by atoms with Gasteiger partial charge in [-0.2, -0.15) is 0 Å². The van der Waals surface area contributed by atoms with Crippen molar-refractivity contribution in [2.75, 3.05) is 52.4 Å². The van der Waals surface area contributed by atoms with Gasteiger partial charge in [0.2, 0.25) is 11.8 Å². The highest BCUT2D eigenvalue weighted by atomic mass is 16.5. The van der Waals surface area contributed by atoms with Gasteiger partial charge in [0.1, 0.15) is 5.75 Å². The molecule has 0 radical (unpaired) electrons. The van der Waals surface area contributed by atoms with E-state index in [9.17, 15) is 9.59 Å². The molecule has 0 aromatic heterocycles. The van der Waals surface area contributed by atoms with Crippen LogP contribution >= 0.6 is 0 Å². The lowest BCUT2D eigenvalue weighted by Crippen LogP contribution is -2.52. The Bertz CT molecular complexity index is 649. The molecule has 2 aliphatic heterocycles. The first-order valence-corrected chi connectivity index (χ1v) is 11.0. The van der Waals surface area contributed by atoms with Crippen LogP contribution in [0.5, 0.6) is 5.75 Å². The van der Waals surface area contributed by atoms with Crippen molar-refractivity contribution in [2.24, 2.45) is 11.8 Å². The first-order chi connectivity index (χ1) is 14.0. The zero-order valence-corrected chi connectivity index (χ0v) is 17.9. The van der Waals surface area contributed by atoms with Gasteiger partial charge in [-0.1, -0.05) is 32.0 Å². The lowest BCUT2D eigenvalue weighted by atomic mass is 9.94. The number of likely N-dealkylation sites (tertiary alicyclic amines) is 1. The Morgan fingerprint density at radius 1 is 0.966 bits per heavy atom. The zero-order valence-electron chi connectivity index (χ0n) is 17.9. The van der Waals surface area contributed by atoms with E-state index in [4.69, 9.17) is 4.74 Å². The molecule has 2 saturated heterocycles. The van der Waals surface area contributed by atoms with E-state index >= 15 is 0 Å². The molecule has 0 N–H and O–H groups in total. The van der Waals surface area contributed by atoms with Gasteiger partial charge in [-0.25, -0.2) is 0 Å². The van der Waals surface area contributed by atoms with Gasteiger partial charge in [0.05, 0.1) is 13.0 Å². The maximum Gasteiger partial charge on any atom is 0.225 e. The largest absolute Gasteiger partial charge is 0.493 e. The highest BCUT2D eigenvalue weighted by Gasteiger charge is 2.31. The molecule has 3 rings (SSSR count). The molecule has 2 aliphatic rings. The number of hydrogen-bond acceptors (Lipinski definition) is 4. The van der Waals surface area contributed by atoms with Crippen molar-refractivity contribution >= 4 is 11.8 Å². The van der Waals surface area contributed by atoms with Crippen molar-refractivity contribution in [3.05, 3.63) is 30.3 Å². The molecule has 29 heavy (non-hydrogen) atoms. The van der Waals surface area contributed by atoms with Gasteiger partial charge < -0.3 is 14.5 Å². The van der Waals surface area contributed by atoms with E-state index < -0.39 is 0 Å². The molecule has 2 amide bonds. The minimum Gasteiger partial charge on any atom is -0.493 e. The molecule has 0 atom stereocenters. The van der Waals surface area contributed by atoms with Crippen LogP contribution < -0.4 is 4.74 Å². The zero-order chi connectivity index (χ0) is 20.6. The molecule has 2 heterocycles. The molecular weight excluding hydrogens is 366 g/mol. The topological polar surface area (TPSA) is 53.1 Å². The fourth-order valence-corrected chi connectivity index (χ4v) is 4.23. The Morgan fingerprint density at radius 3 is 2.24 bits per heavy atom. The van der Waals surface area contributed by atoms with E-state index in [0.29, 0.717) is 32.0 Å². The highest BCUT2D eigenvalue weighted by molar-refractivity contribution is 5.80. The molecule has 6 heteroatoms. The Morgan fingerprint density at radius 2 is 1.62 bits per heavy atom. The Hall–Kier alpha value is -2.08. The van der Waals surface area contributed by atoms with Crippen molar-refractivity contribution < 1.29 is 14.3 Å². The van der Waals surface area contributed by atoms with Crippen LogP contribution in [0.4, 0.5) is 0 Å². The van der Waals surface area contributed by atoms with E-state index in [0.717, 1.165) is 51.3 Å². The summed E-state index contributed by atoms with van der Waals surface area (Å²) in [4.78, 5) is 31.7. The van der Waals surface area contributed by atoms with E-state index in [1.54, 1.807) is 0 Å². The number of rotatable bonds is 7. The van der Waals surface area contributed by atoms with E-state index in [-0.39, 0.29) is 17.7 Å². The number of nitrogens with zero attached hydrogens (tertiary/aromatic N) is 3. The molecule has 0 spiro atoms. The quantitative estimate of drug-likeness (QED) is 0.704.